The molecule has 0 atom stereocenters. The van der Waals surface area contributed by atoms with Crippen LogP contribution >= 0.6 is 0 Å². The Kier molecular flexibility index (Phi) is 7.05. The highest BCUT2D eigenvalue weighted by atomic mass is 16.5. The van der Waals surface area contributed by atoms with Gasteiger partial charge in [-0.15, -0.1) is 0 Å². The molecule has 0 spiro atoms. The lowest BCUT2D eigenvalue weighted by atomic mass is 10.2. The topological polar surface area (TPSA) is 69.0 Å². The van der Waals surface area contributed by atoms with Gasteiger partial charge in [-0.2, -0.15) is 0 Å². The lowest BCUT2D eigenvalue weighted by Crippen LogP contribution is -2.34. The van der Waals surface area contributed by atoms with E-state index in [1.807, 2.05) is 61.5 Å². The third-order valence-electron chi connectivity index (χ3n) is 5.24. The summed E-state index contributed by atoms with van der Waals surface area (Å²) in [5, 5.41) is 0.791. The zero-order chi connectivity index (χ0) is 23.0. The lowest BCUT2D eigenvalue weighted by molar-refractivity contribution is -0.133. The summed E-state index contributed by atoms with van der Waals surface area (Å²) in [5.41, 5.74) is 2.11. The van der Waals surface area contributed by atoms with E-state index in [1.165, 1.54) is 6.07 Å². The number of rotatable bonds is 9. The van der Waals surface area contributed by atoms with E-state index in [9.17, 15) is 9.59 Å². The van der Waals surface area contributed by atoms with E-state index >= 15 is 0 Å². The minimum atomic E-state index is -0.427. The van der Waals surface area contributed by atoms with E-state index in [0.29, 0.717) is 31.0 Å². The average molecular weight is 443 g/mol. The summed E-state index contributed by atoms with van der Waals surface area (Å²) >= 11 is 0. The molecule has 0 aliphatic carbocycles. The molecule has 0 aliphatic rings. The fourth-order valence-electron chi connectivity index (χ4n) is 3.40. The van der Waals surface area contributed by atoms with Crippen LogP contribution in [0.1, 0.15) is 18.1 Å². The Morgan fingerprint density at radius 1 is 0.848 bits per heavy atom. The van der Waals surface area contributed by atoms with Crippen LogP contribution in [-0.2, 0) is 17.9 Å². The summed E-state index contributed by atoms with van der Waals surface area (Å²) in [6.45, 7) is 3.37. The maximum Gasteiger partial charge on any atom is 0.336 e. The predicted molar refractivity (Wildman–Crippen MR) is 126 cm³/mol. The van der Waals surface area contributed by atoms with Gasteiger partial charge in [0.1, 0.15) is 23.7 Å². The molecule has 33 heavy (non-hydrogen) atoms. The van der Waals surface area contributed by atoms with Crippen LogP contribution in [0.5, 0.6) is 11.5 Å². The number of ether oxygens (including phenoxy) is 2. The molecule has 0 saturated carbocycles. The minimum absolute atomic E-state index is 0.102. The zero-order valence-electron chi connectivity index (χ0n) is 18.4. The minimum Gasteiger partial charge on any atom is -0.489 e. The Labute approximate surface area is 192 Å². The Morgan fingerprint density at radius 3 is 2.33 bits per heavy atom. The predicted octanol–water partition coefficient (Wildman–Crippen LogP) is 4.80. The summed E-state index contributed by atoms with van der Waals surface area (Å²) in [6, 6.07) is 26.0. The van der Waals surface area contributed by atoms with Crippen LogP contribution in [0.25, 0.3) is 11.0 Å². The summed E-state index contributed by atoms with van der Waals surface area (Å²) in [6.07, 6.45) is 0. The molecule has 4 aromatic rings. The van der Waals surface area contributed by atoms with Crippen molar-refractivity contribution in [2.75, 3.05) is 13.2 Å². The molecule has 1 amide bonds. The van der Waals surface area contributed by atoms with Crippen molar-refractivity contribution in [3.63, 3.8) is 0 Å². The van der Waals surface area contributed by atoms with Crippen molar-refractivity contribution in [2.24, 2.45) is 0 Å². The van der Waals surface area contributed by atoms with Crippen molar-refractivity contribution in [3.8, 4) is 11.5 Å². The van der Waals surface area contributed by atoms with Crippen molar-refractivity contribution in [1.29, 1.82) is 0 Å². The molecular weight excluding hydrogens is 418 g/mol. The number of hydrogen-bond donors (Lipinski definition) is 0. The van der Waals surface area contributed by atoms with Gasteiger partial charge in [0.25, 0.3) is 5.91 Å². The Morgan fingerprint density at radius 2 is 1.58 bits per heavy atom. The van der Waals surface area contributed by atoms with Gasteiger partial charge in [-0.05, 0) is 48.4 Å². The maximum atomic E-state index is 12.7. The molecule has 6 heteroatoms. The van der Waals surface area contributed by atoms with Crippen LogP contribution in [0.2, 0.25) is 0 Å². The van der Waals surface area contributed by atoms with Crippen LogP contribution in [0.3, 0.4) is 0 Å². The first-order valence-corrected chi connectivity index (χ1v) is 10.8. The number of nitrogens with zero attached hydrogens (tertiary/aromatic N) is 1. The quantitative estimate of drug-likeness (QED) is 0.348. The number of fused-ring (bicyclic) bond motifs is 1. The first-order valence-electron chi connectivity index (χ1n) is 10.8. The molecule has 4 rings (SSSR count). The van der Waals surface area contributed by atoms with Crippen LogP contribution in [0.15, 0.2) is 94.1 Å². The van der Waals surface area contributed by atoms with Gasteiger partial charge in [-0.3, -0.25) is 4.79 Å². The molecule has 1 heterocycles. The second kappa shape index (κ2) is 10.5. The number of benzene rings is 3. The molecule has 3 aromatic carbocycles. The number of carbonyl (C=O) groups excluding carboxylic acids is 1. The van der Waals surface area contributed by atoms with Crippen LogP contribution < -0.4 is 15.1 Å². The van der Waals surface area contributed by atoms with E-state index in [0.717, 1.165) is 22.3 Å². The van der Waals surface area contributed by atoms with Gasteiger partial charge in [-0.25, -0.2) is 4.79 Å². The highest BCUT2D eigenvalue weighted by molar-refractivity contribution is 5.79. The molecule has 0 unspecified atom stereocenters. The number of hydrogen-bond acceptors (Lipinski definition) is 5. The van der Waals surface area contributed by atoms with E-state index < -0.39 is 5.63 Å². The summed E-state index contributed by atoms with van der Waals surface area (Å²) in [4.78, 5) is 25.8. The van der Waals surface area contributed by atoms with E-state index in [4.69, 9.17) is 13.9 Å². The highest BCUT2D eigenvalue weighted by Crippen LogP contribution is 2.20. The van der Waals surface area contributed by atoms with E-state index in [-0.39, 0.29) is 12.5 Å². The van der Waals surface area contributed by atoms with Gasteiger partial charge in [0, 0.05) is 30.6 Å². The fourth-order valence-corrected chi connectivity index (χ4v) is 3.40. The normalized spacial score (nSPS) is 10.7. The van der Waals surface area contributed by atoms with Crippen molar-refractivity contribution in [2.45, 2.75) is 20.1 Å². The molecule has 0 N–H and O–H groups in total. The largest absolute Gasteiger partial charge is 0.489 e. The van der Waals surface area contributed by atoms with Crippen molar-refractivity contribution >= 4 is 16.9 Å². The van der Waals surface area contributed by atoms with Crippen molar-refractivity contribution in [1.82, 2.24) is 4.90 Å². The van der Waals surface area contributed by atoms with Gasteiger partial charge in [0.15, 0.2) is 6.61 Å². The smallest absolute Gasteiger partial charge is 0.336 e. The SMILES string of the molecule is CCN(Cc1ccc(OCc2ccccc2)cc1)C(=O)COc1ccc2ccc(=O)oc2c1. The van der Waals surface area contributed by atoms with Gasteiger partial charge >= 0.3 is 5.63 Å². The van der Waals surface area contributed by atoms with Gasteiger partial charge in [-0.1, -0.05) is 42.5 Å². The molecule has 0 radical (unpaired) electrons. The molecular formula is C27H25NO5. The second-order valence-corrected chi connectivity index (χ2v) is 7.57. The zero-order valence-corrected chi connectivity index (χ0v) is 18.4. The third-order valence-corrected chi connectivity index (χ3v) is 5.24. The molecule has 6 nitrogen and oxygen atoms in total. The van der Waals surface area contributed by atoms with Gasteiger partial charge in [0.2, 0.25) is 0 Å². The Hall–Kier alpha value is -4.06. The molecule has 0 aliphatic heterocycles. The number of likely N-dealkylation sites (N-methyl/N-ethyl adjacent to an activating group) is 1. The van der Waals surface area contributed by atoms with Gasteiger partial charge < -0.3 is 18.8 Å². The summed E-state index contributed by atoms with van der Waals surface area (Å²) in [7, 11) is 0. The Balaban J connectivity index is 1.31. The van der Waals surface area contributed by atoms with Crippen molar-refractivity contribution in [3.05, 3.63) is 106 Å². The van der Waals surface area contributed by atoms with E-state index in [1.54, 1.807) is 29.2 Å². The molecule has 168 valence electrons. The molecule has 0 saturated heterocycles. The monoisotopic (exact) mass is 443 g/mol. The van der Waals surface area contributed by atoms with Crippen molar-refractivity contribution < 1.29 is 18.7 Å². The third kappa shape index (κ3) is 6.01. The summed E-state index contributed by atoms with van der Waals surface area (Å²) < 4.78 is 16.6. The fraction of sp³-hybridized carbons (Fsp3) is 0.185. The Bertz CT molecular complexity index is 1270. The van der Waals surface area contributed by atoms with Crippen LogP contribution in [0, 0.1) is 0 Å². The maximum absolute atomic E-state index is 12.7. The standard InChI is InChI=1S/C27H25NO5/c1-2-28(17-20-8-12-23(13-9-20)31-18-21-6-4-3-5-7-21)26(29)19-32-24-14-10-22-11-15-27(30)33-25(22)16-24/h3-16H,2,17-19H2,1H3. The van der Waals surface area contributed by atoms with Crippen LogP contribution in [-0.4, -0.2) is 24.0 Å². The van der Waals surface area contributed by atoms with Gasteiger partial charge in [0.05, 0.1) is 0 Å². The number of carbonyl (C=O) groups is 1. The summed E-state index contributed by atoms with van der Waals surface area (Å²) in [5.74, 6) is 1.13. The van der Waals surface area contributed by atoms with E-state index in [2.05, 4.69) is 0 Å². The second-order valence-electron chi connectivity index (χ2n) is 7.57. The van der Waals surface area contributed by atoms with Crippen LogP contribution in [0.4, 0.5) is 0 Å². The first kappa shape index (κ1) is 22.1. The molecule has 0 fully saturated rings. The lowest BCUT2D eigenvalue weighted by Gasteiger charge is -2.21. The number of amides is 1. The average Bonchev–Trinajstić information content (AvgIpc) is 2.85. The first-order chi connectivity index (χ1) is 16.1. The highest BCUT2D eigenvalue weighted by Gasteiger charge is 2.13. The molecule has 1 aromatic heterocycles. The molecule has 0 bridgehead atoms.